The number of nitrogens with two attached hydrogens (primary N) is 1. The van der Waals surface area contributed by atoms with Gasteiger partial charge in [0.15, 0.2) is 0 Å². The third-order valence-corrected chi connectivity index (χ3v) is 5.62. The number of nitrogen functional groups attached to an aromatic ring is 1. The molecule has 5 rings (SSSR count). The lowest BCUT2D eigenvalue weighted by Gasteiger charge is -2.26. The van der Waals surface area contributed by atoms with E-state index in [1.165, 1.54) is 5.69 Å². The standard InChI is InChI=1S/C23H20ClN5/c1-15-26-14-20-10-11-28(19-6-4-18(24)5-7-19)22-12-16(2-8-21(22)29(15)20)17-3-9-23(25)27-13-17/h2-9,12-14H,10-11H2,1H3,(H2,25,27). The highest BCUT2D eigenvalue weighted by molar-refractivity contribution is 6.30. The van der Waals surface area contributed by atoms with Gasteiger partial charge in [-0.15, -0.1) is 0 Å². The molecule has 1 aliphatic heterocycles. The Morgan fingerprint density at radius 3 is 2.45 bits per heavy atom. The lowest BCUT2D eigenvalue weighted by Crippen LogP contribution is -2.19. The number of aromatic nitrogens is 3. The second kappa shape index (κ2) is 6.94. The zero-order valence-electron chi connectivity index (χ0n) is 16.0. The van der Waals surface area contributed by atoms with Crippen LogP contribution in [-0.2, 0) is 6.42 Å². The van der Waals surface area contributed by atoms with Gasteiger partial charge < -0.3 is 10.6 Å². The van der Waals surface area contributed by atoms with Crippen molar-refractivity contribution in [1.29, 1.82) is 0 Å². The fourth-order valence-corrected chi connectivity index (χ4v) is 4.04. The fourth-order valence-electron chi connectivity index (χ4n) is 3.92. The van der Waals surface area contributed by atoms with Crippen molar-refractivity contribution in [3.8, 4) is 16.8 Å². The van der Waals surface area contributed by atoms with E-state index in [1.54, 1.807) is 0 Å². The number of benzene rings is 2. The van der Waals surface area contributed by atoms with E-state index in [4.69, 9.17) is 17.3 Å². The van der Waals surface area contributed by atoms with Crippen LogP contribution in [0.3, 0.4) is 0 Å². The first-order valence-electron chi connectivity index (χ1n) is 9.53. The molecule has 1 aliphatic rings. The number of imidazole rings is 1. The van der Waals surface area contributed by atoms with Crippen molar-refractivity contribution in [2.24, 2.45) is 0 Å². The van der Waals surface area contributed by atoms with Gasteiger partial charge >= 0.3 is 0 Å². The molecule has 0 bridgehead atoms. The fraction of sp³-hybridized carbons (Fsp3) is 0.130. The molecule has 2 aromatic carbocycles. The number of aryl methyl sites for hydroxylation is 1. The topological polar surface area (TPSA) is 60.0 Å². The minimum Gasteiger partial charge on any atom is -0.384 e. The van der Waals surface area contributed by atoms with Crippen LogP contribution < -0.4 is 10.6 Å². The van der Waals surface area contributed by atoms with Crippen LogP contribution in [0, 0.1) is 6.92 Å². The predicted molar refractivity (Wildman–Crippen MR) is 118 cm³/mol. The van der Waals surface area contributed by atoms with Crippen molar-refractivity contribution in [3.63, 3.8) is 0 Å². The highest BCUT2D eigenvalue weighted by Gasteiger charge is 2.23. The summed E-state index contributed by atoms with van der Waals surface area (Å²) in [6.07, 6.45) is 4.69. The quantitative estimate of drug-likeness (QED) is 0.503. The van der Waals surface area contributed by atoms with Crippen molar-refractivity contribution < 1.29 is 0 Å². The van der Waals surface area contributed by atoms with Crippen molar-refractivity contribution in [3.05, 3.63) is 83.5 Å². The molecule has 0 aliphatic carbocycles. The zero-order valence-corrected chi connectivity index (χ0v) is 16.8. The van der Waals surface area contributed by atoms with Crippen LogP contribution in [0.4, 0.5) is 17.2 Å². The first-order chi connectivity index (χ1) is 14.1. The van der Waals surface area contributed by atoms with Crippen molar-refractivity contribution >= 4 is 28.8 Å². The monoisotopic (exact) mass is 401 g/mol. The van der Waals surface area contributed by atoms with Crippen molar-refractivity contribution in [1.82, 2.24) is 14.5 Å². The first kappa shape index (κ1) is 17.8. The van der Waals surface area contributed by atoms with Crippen molar-refractivity contribution in [2.45, 2.75) is 13.3 Å². The molecule has 4 aromatic rings. The summed E-state index contributed by atoms with van der Waals surface area (Å²) in [7, 11) is 0. The Kier molecular flexibility index (Phi) is 4.25. The van der Waals surface area contributed by atoms with Crippen LogP contribution in [0.2, 0.25) is 5.02 Å². The predicted octanol–water partition coefficient (Wildman–Crippen LogP) is 5.17. The van der Waals surface area contributed by atoms with Gasteiger partial charge in [-0.25, -0.2) is 9.97 Å². The average molecular weight is 402 g/mol. The summed E-state index contributed by atoms with van der Waals surface area (Å²) in [6.45, 7) is 2.90. The highest BCUT2D eigenvalue weighted by atomic mass is 35.5. The van der Waals surface area contributed by atoms with Gasteiger partial charge in [-0.1, -0.05) is 17.7 Å². The molecule has 6 heteroatoms. The molecule has 5 nitrogen and oxygen atoms in total. The zero-order chi connectivity index (χ0) is 20.0. The summed E-state index contributed by atoms with van der Waals surface area (Å²) in [4.78, 5) is 11.1. The van der Waals surface area contributed by atoms with Crippen LogP contribution in [0.25, 0.3) is 16.8 Å². The Bertz CT molecular complexity index is 1180. The van der Waals surface area contributed by atoms with Gasteiger partial charge in [0.1, 0.15) is 11.6 Å². The molecule has 0 fully saturated rings. The van der Waals surface area contributed by atoms with Gasteiger partial charge in [-0.3, -0.25) is 4.57 Å². The molecular formula is C23H20ClN5. The Morgan fingerprint density at radius 2 is 1.69 bits per heavy atom. The van der Waals surface area contributed by atoms with Gasteiger partial charge in [-0.2, -0.15) is 0 Å². The number of pyridine rings is 1. The minimum atomic E-state index is 0.519. The smallest absolute Gasteiger partial charge is 0.123 e. The molecule has 2 N–H and O–H groups in total. The van der Waals surface area contributed by atoms with Gasteiger partial charge in [-0.05, 0) is 61.0 Å². The van der Waals surface area contributed by atoms with Gasteiger partial charge in [0.05, 0.1) is 11.4 Å². The number of fused-ring (bicyclic) bond motifs is 3. The minimum absolute atomic E-state index is 0.519. The molecule has 0 unspecified atom stereocenters. The molecule has 0 amide bonds. The summed E-state index contributed by atoms with van der Waals surface area (Å²) >= 11 is 6.13. The van der Waals surface area contributed by atoms with E-state index in [0.717, 1.165) is 52.0 Å². The Hall–Kier alpha value is -3.31. The van der Waals surface area contributed by atoms with E-state index in [1.807, 2.05) is 43.6 Å². The van der Waals surface area contributed by atoms with Crippen LogP contribution in [0.1, 0.15) is 11.5 Å². The highest BCUT2D eigenvalue weighted by Crippen LogP contribution is 2.38. The summed E-state index contributed by atoms with van der Waals surface area (Å²) in [5, 5.41) is 0.733. The molecule has 2 aromatic heterocycles. The third kappa shape index (κ3) is 3.13. The summed E-state index contributed by atoms with van der Waals surface area (Å²) < 4.78 is 2.25. The van der Waals surface area contributed by atoms with E-state index in [9.17, 15) is 0 Å². The second-order valence-electron chi connectivity index (χ2n) is 7.19. The first-order valence-corrected chi connectivity index (χ1v) is 9.90. The lowest BCUT2D eigenvalue weighted by molar-refractivity contribution is 0.872. The largest absolute Gasteiger partial charge is 0.384 e. The molecule has 144 valence electrons. The van der Waals surface area contributed by atoms with Crippen LogP contribution in [0.15, 0.2) is 67.0 Å². The van der Waals surface area contributed by atoms with E-state index in [2.05, 4.69) is 49.8 Å². The molecule has 0 saturated carbocycles. The average Bonchev–Trinajstić information content (AvgIpc) is 3.01. The number of rotatable bonds is 2. The molecule has 0 saturated heterocycles. The maximum atomic E-state index is 6.13. The van der Waals surface area contributed by atoms with E-state index in [-0.39, 0.29) is 0 Å². The second-order valence-corrected chi connectivity index (χ2v) is 7.62. The number of anilines is 3. The molecule has 3 heterocycles. The number of nitrogens with zero attached hydrogens (tertiary/aromatic N) is 4. The van der Waals surface area contributed by atoms with E-state index in [0.29, 0.717) is 5.82 Å². The van der Waals surface area contributed by atoms with Gasteiger partial charge in [0, 0.05) is 47.3 Å². The molecule has 0 spiro atoms. The Labute approximate surface area is 174 Å². The number of hydrogen-bond donors (Lipinski definition) is 1. The number of halogens is 1. The molecule has 0 radical (unpaired) electrons. The maximum absolute atomic E-state index is 6.13. The van der Waals surface area contributed by atoms with Crippen LogP contribution in [-0.4, -0.2) is 21.1 Å². The van der Waals surface area contributed by atoms with Gasteiger partial charge in [0.2, 0.25) is 0 Å². The summed E-state index contributed by atoms with van der Waals surface area (Å²) in [5.41, 5.74) is 12.5. The Morgan fingerprint density at radius 1 is 0.897 bits per heavy atom. The lowest BCUT2D eigenvalue weighted by atomic mass is 10.0. The summed E-state index contributed by atoms with van der Waals surface area (Å²) in [6, 6.07) is 18.3. The van der Waals surface area contributed by atoms with E-state index >= 15 is 0 Å². The Balaban J connectivity index is 1.71. The normalized spacial score (nSPS) is 13.0. The SMILES string of the molecule is Cc1ncc2n1-c1ccc(-c3ccc(N)nc3)cc1N(c1ccc(Cl)cc1)CC2. The van der Waals surface area contributed by atoms with E-state index < -0.39 is 0 Å². The van der Waals surface area contributed by atoms with Crippen molar-refractivity contribution in [2.75, 3.05) is 17.2 Å². The van der Waals surface area contributed by atoms with Crippen LogP contribution >= 0.6 is 11.6 Å². The molecule has 0 atom stereocenters. The van der Waals surface area contributed by atoms with Crippen LogP contribution in [0.5, 0.6) is 0 Å². The third-order valence-electron chi connectivity index (χ3n) is 5.37. The molecular weight excluding hydrogens is 382 g/mol. The summed E-state index contributed by atoms with van der Waals surface area (Å²) in [5.74, 6) is 1.51. The molecule has 29 heavy (non-hydrogen) atoms. The number of hydrogen-bond acceptors (Lipinski definition) is 4. The van der Waals surface area contributed by atoms with Gasteiger partial charge in [0.25, 0.3) is 0 Å². The maximum Gasteiger partial charge on any atom is 0.123 e.